The molecule has 1 N–H and O–H groups in total. The molecular weight excluding hydrogens is 380 g/mol. The SMILES string of the molecule is COc1ccc(S(=O)(=O)Nc2ccccc2OC(C)C)cc1N1CCCC1=O. The van der Waals surface area contributed by atoms with Gasteiger partial charge in [0, 0.05) is 13.0 Å². The Morgan fingerprint density at radius 3 is 2.50 bits per heavy atom. The molecule has 2 aromatic carbocycles. The minimum atomic E-state index is -3.89. The number of carbonyl (C=O) groups is 1. The van der Waals surface area contributed by atoms with E-state index in [1.54, 1.807) is 35.2 Å². The second-order valence-electron chi connectivity index (χ2n) is 6.75. The Labute approximate surface area is 165 Å². The normalized spacial score (nSPS) is 14.4. The Kier molecular flexibility index (Phi) is 5.79. The van der Waals surface area contributed by atoms with Crippen LogP contribution in [0.4, 0.5) is 11.4 Å². The summed E-state index contributed by atoms with van der Waals surface area (Å²) in [6, 6.07) is 11.3. The summed E-state index contributed by atoms with van der Waals surface area (Å²) in [5.74, 6) is 0.860. The first-order valence-corrected chi connectivity index (χ1v) is 10.6. The second kappa shape index (κ2) is 8.10. The lowest BCUT2D eigenvalue weighted by Crippen LogP contribution is -2.25. The van der Waals surface area contributed by atoms with E-state index in [2.05, 4.69) is 4.72 Å². The number of nitrogens with one attached hydrogen (secondary N) is 1. The number of carbonyl (C=O) groups excluding carboxylic acids is 1. The van der Waals surface area contributed by atoms with Gasteiger partial charge in [0.1, 0.15) is 11.5 Å². The number of rotatable bonds is 7. The lowest BCUT2D eigenvalue weighted by molar-refractivity contribution is -0.117. The summed E-state index contributed by atoms with van der Waals surface area (Å²) < 4.78 is 39.5. The smallest absolute Gasteiger partial charge is 0.262 e. The van der Waals surface area contributed by atoms with Crippen LogP contribution in [0, 0.1) is 0 Å². The third-order valence-corrected chi connectivity index (χ3v) is 5.68. The molecule has 0 unspecified atom stereocenters. The number of amides is 1. The highest BCUT2D eigenvalue weighted by atomic mass is 32.2. The van der Waals surface area contributed by atoms with Crippen molar-refractivity contribution in [2.45, 2.75) is 37.7 Å². The first kappa shape index (κ1) is 20.0. The Morgan fingerprint density at radius 2 is 1.86 bits per heavy atom. The second-order valence-corrected chi connectivity index (χ2v) is 8.43. The molecule has 8 heteroatoms. The molecule has 0 atom stereocenters. The van der Waals surface area contributed by atoms with E-state index in [4.69, 9.17) is 9.47 Å². The van der Waals surface area contributed by atoms with Crippen molar-refractivity contribution >= 4 is 27.3 Å². The van der Waals surface area contributed by atoms with Crippen molar-refractivity contribution in [3.05, 3.63) is 42.5 Å². The van der Waals surface area contributed by atoms with E-state index in [1.165, 1.54) is 19.2 Å². The van der Waals surface area contributed by atoms with Crippen LogP contribution in [0.5, 0.6) is 11.5 Å². The first-order chi connectivity index (χ1) is 13.3. The molecule has 0 spiro atoms. The van der Waals surface area contributed by atoms with Crippen LogP contribution in [0.1, 0.15) is 26.7 Å². The summed E-state index contributed by atoms with van der Waals surface area (Å²) in [5, 5.41) is 0. The zero-order chi connectivity index (χ0) is 20.3. The maximum atomic E-state index is 13.0. The van der Waals surface area contributed by atoms with Crippen LogP contribution in [-0.4, -0.2) is 34.1 Å². The standard InChI is InChI=1S/C20H24N2O5S/c1-14(2)27-18-8-5-4-7-16(18)21-28(24,25)15-10-11-19(26-3)17(13-15)22-12-6-9-20(22)23/h4-5,7-8,10-11,13-14,21H,6,9,12H2,1-3H3. The number of para-hydroxylation sites is 2. The van der Waals surface area contributed by atoms with Gasteiger partial charge in [-0.15, -0.1) is 0 Å². The van der Waals surface area contributed by atoms with Crippen LogP contribution < -0.4 is 19.1 Å². The summed E-state index contributed by atoms with van der Waals surface area (Å²) in [6.07, 6.45) is 1.08. The van der Waals surface area contributed by atoms with Crippen LogP contribution in [0.2, 0.25) is 0 Å². The van der Waals surface area contributed by atoms with Crippen molar-refractivity contribution < 1.29 is 22.7 Å². The Bertz CT molecular complexity index is 972. The van der Waals surface area contributed by atoms with E-state index in [0.717, 1.165) is 6.42 Å². The Hall–Kier alpha value is -2.74. The fourth-order valence-corrected chi connectivity index (χ4v) is 4.15. The van der Waals surface area contributed by atoms with Crippen molar-refractivity contribution in [2.24, 2.45) is 0 Å². The number of benzene rings is 2. The van der Waals surface area contributed by atoms with Gasteiger partial charge in [-0.3, -0.25) is 9.52 Å². The Morgan fingerprint density at radius 1 is 1.11 bits per heavy atom. The molecule has 150 valence electrons. The number of ether oxygens (including phenoxy) is 2. The van der Waals surface area contributed by atoms with E-state index in [0.29, 0.717) is 35.8 Å². The monoisotopic (exact) mass is 404 g/mol. The molecule has 0 radical (unpaired) electrons. The van der Waals surface area contributed by atoms with Crippen molar-refractivity contribution in [1.82, 2.24) is 0 Å². The molecule has 1 aliphatic rings. The van der Waals surface area contributed by atoms with Gasteiger partial charge in [-0.2, -0.15) is 0 Å². The third kappa shape index (κ3) is 4.22. The summed E-state index contributed by atoms with van der Waals surface area (Å²) in [5.41, 5.74) is 0.811. The molecule has 0 aliphatic carbocycles. The van der Waals surface area contributed by atoms with Crippen molar-refractivity contribution in [2.75, 3.05) is 23.3 Å². The number of hydrogen-bond acceptors (Lipinski definition) is 5. The molecule has 1 saturated heterocycles. The van der Waals surface area contributed by atoms with Crippen LogP contribution in [0.25, 0.3) is 0 Å². The van der Waals surface area contributed by atoms with E-state index < -0.39 is 10.0 Å². The topological polar surface area (TPSA) is 84.9 Å². The lowest BCUT2D eigenvalue weighted by Gasteiger charge is -2.20. The molecule has 0 saturated carbocycles. The molecule has 7 nitrogen and oxygen atoms in total. The van der Waals surface area contributed by atoms with E-state index >= 15 is 0 Å². The Balaban J connectivity index is 1.96. The van der Waals surface area contributed by atoms with Gasteiger partial charge in [0.25, 0.3) is 10.0 Å². The third-order valence-electron chi connectivity index (χ3n) is 4.32. The van der Waals surface area contributed by atoms with Crippen LogP contribution in [0.15, 0.2) is 47.4 Å². The molecule has 2 aromatic rings. The summed E-state index contributed by atoms with van der Waals surface area (Å²) in [4.78, 5) is 13.7. The van der Waals surface area contributed by atoms with E-state index in [1.807, 2.05) is 13.8 Å². The number of methoxy groups -OCH3 is 1. The van der Waals surface area contributed by atoms with Crippen LogP contribution >= 0.6 is 0 Å². The molecule has 1 aliphatic heterocycles. The fraction of sp³-hybridized carbons (Fsp3) is 0.350. The molecule has 1 heterocycles. The quantitative estimate of drug-likeness (QED) is 0.764. The van der Waals surface area contributed by atoms with Gasteiger partial charge >= 0.3 is 0 Å². The largest absolute Gasteiger partial charge is 0.495 e. The highest BCUT2D eigenvalue weighted by Gasteiger charge is 2.27. The van der Waals surface area contributed by atoms with Crippen LogP contribution in [-0.2, 0) is 14.8 Å². The first-order valence-electron chi connectivity index (χ1n) is 9.08. The minimum Gasteiger partial charge on any atom is -0.495 e. The molecule has 1 amide bonds. The van der Waals surface area contributed by atoms with Gasteiger partial charge in [-0.25, -0.2) is 8.42 Å². The molecular formula is C20H24N2O5S. The summed E-state index contributed by atoms with van der Waals surface area (Å²) in [7, 11) is -2.40. The molecule has 1 fully saturated rings. The average Bonchev–Trinajstić information content (AvgIpc) is 3.08. The van der Waals surface area contributed by atoms with Gasteiger partial charge < -0.3 is 14.4 Å². The number of sulfonamides is 1. The van der Waals surface area contributed by atoms with Crippen molar-refractivity contribution in [1.29, 1.82) is 0 Å². The lowest BCUT2D eigenvalue weighted by atomic mass is 10.2. The number of anilines is 2. The minimum absolute atomic E-state index is 0.0438. The van der Waals surface area contributed by atoms with Gasteiger partial charge in [-0.1, -0.05) is 12.1 Å². The summed E-state index contributed by atoms with van der Waals surface area (Å²) >= 11 is 0. The van der Waals surface area contributed by atoms with Crippen LogP contribution in [0.3, 0.4) is 0 Å². The van der Waals surface area contributed by atoms with Crippen molar-refractivity contribution in [3.63, 3.8) is 0 Å². The molecule has 28 heavy (non-hydrogen) atoms. The van der Waals surface area contributed by atoms with Crippen molar-refractivity contribution in [3.8, 4) is 11.5 Å². The van der Waals surface area contributed by atoms with E-state index in [-0.39, 0.29) is 16.9 Å². The van der Waals surface area contributed by atoms with E-state index in [9.17, 15) is 13.2 Å². The fourth-order valence-electron chi connectivity index (χ4n) is 3.06. The summed E-state index contributed by atoms with van der Waals surface area (Å²) in [6.45, 7) is 4.28. The van der Waals surface area contributed by atoms with Gasteiger partial charge in [0.15, 0.2) is 0 Å². The molecule has 3 rings (SSSR count). The molecule has 0 bridgehead atoms. The van der Waals surface area contributed by atoms with Gasteiger partial charge in [0.05, 0.1) is 29.5 Å². The van der Waals surface area contributed by atoms with Gasteiger partial charge in [-0.05, 0) is 50.6 Å². The maximum absolute atomic E-state index is 13.0. The van der Waals surface area contributed by atoms with Gasteiger partial charge in [0.2, 0.25) is 5.91 Å². The number of hydrogen-bond donors (Lipinski definition) is 1. The predicted molar refractivity (Wildman–Crippen MR) is 108 cm³/mol. The molecule has 0 aromatic heterocycles. The number of nitrogens with zero attached hydrogens (tertiary/aromatic N) is 1. The highest BCUT2D eigenvalue weighted by molar-refractivity contribution is 7.92. The highest BCUT2D eigenvalue weighted by Crippen LogP contribution is 2.35. The predicted octanol–water partition coefficient (Wildman–Crippen LogP) is 3.41. The average molecular weight is 404 g/mol. The maximum Gasteiger partial charge on any atom is 0.262 e. The zero-order valence-electron chi connectivity index (χ0n) is 16.1. The zero-order valence-corrected chi connectivity index (χ0v) is 17.0.